The van der Waals surface area contributed by atoms with Gasteiger partial charge in [-0.05, 0) is 18.6 Å². The number of pyridine rings is 1. The Balaban J connectivity index is 2.02. The molecule has 0 spiro atoms. The molecular formula is C11H14N4. The van der Waals surface area contributed by atoms with E-state index in [9.17, 15) is 0 Å². The first-order chi connectivity index (χ1) is 7.25. The number of rotatable bonds is 3. The van der Waals surface area contributed by atoms with Crippen LogP contribution in [0.25, 0.3) is 0 Å². The normalized spacial score (nSPS) is 10.3. The zero-order valence-electron chi connectivity index (χ0n) is 8.94. The van der Waals surface area contributed by atoms with Crippen LogP contribution >= 0.6 is 0 Å². The van der Waals surface area contributed by atoms with Crippen LogP contribution in [0.1, 0.15) is 11.3 Å². The minimum Gasteiger partial charge on any atom is -0.364 e. The van der Waals surface area contributed by atoms with Crippen LogP contribution in [0.4, 0.5) is 5.82 Å². The summed E-state index contributed by atoms with van der Waals surface area (Å²) in [6.45, 7) is 2.77. The van der Waals surface area contributed by atoms with Crippen molar-refractivity contribution < 1.29 is 0 Å². The van der Waals surface area contributed by atoms with E-state index in [1.165, 1.54) is 5.56 Å². The van der Waals surface area contributed by atoms with Crippen molar-refractivity contribution in [2.75, 3.05) is 5.32 Å². The molecule has 0 amide bonds. The summed E-state index contributed by atoms with van der Waals surface area (Å²) in [6.07, 6.45) is 3.72. The molecule has 0 fully saturated rings. The van der Waals surface area contributed by atoms with Gasteiger partial charge in [0.2, 0.25) is 0 Å². The van der Waals surface area contributed by atoms with Crippen LogP contribution in [-0.4, -0.2) is 14.8 Å². The Morgan fingerprint density at radius 1 is 1.40 bits per heavy atom. The molecule has 15 heavy (non-hydrogen) atoms. The van der Waals surface area contributed by atoms with E-state index in [-0.39, 0.29) is 0 Å². The zero-order valence-corrected chi connectivity index (χ0v) is 8.94. The van der Waals surface area contributed by atoms with Gasteiger partial charge in [-0.15, -0.1) is 0 Å². The maximum atomic E-state index is 4.24. The van der Waals surface area contributed by atoms with Gasteiger partial charge < -0.3 is 5.32 Å². The Morgan fingerprint density at radius 2 is 2.27 bits per heavy atom. The highest BCUT2D eigenvalue weighted by molar-refractivity contribution is 5.34. The highest BCUT2D eigenvalue weighted by Crippen LogP contribution is 2.07. The maximum Gasteiger partial charge on any atom is 0.148 e. The molecule has 78 valence electrons. The van der Waals surface area contributed by atoms with Gasteiger partial charge in [0.15, 0.2) is 0 Å². The van der Waals surface area contributed by atoms with E-state index in [2.05, 4.69) is 21.5 Å². The summed E-state index contributed by atoms with van der Waals surface area (Å²) in [5.41, 5.74) is 2.25. The van der Waals surface area contributed by atoms with Crippen molar-refractivity contribution in [3.8, 4) is 0 Å². The number of hydrogen-bond acceptors (Lipinski definition) is 3. The Bertz CT molecular complexity index is 447. The highest BCUT2D eigenvalue weighted by atomic mass is 15.3. The third kappa shape index (κ3) is 2.34. The molecule has 0 saturated carbocycles. The maximum absolute atomic E-state index is 4.24. The molecule has 0 atom stereocenters. The predicted molar refractivity (Wildman–Crippen MR) is 59.5 cm³/mol. The van der Waals surface area contributed by atoms with E-state index in [1.54, 1.807) is 10.9 Å². The topological polar surface area (TPSA) is 42.7 Å². The lowest BCUT2D eigenvalue weighted by Crippen LogP contribution is -2.03. The monoisotopic (exact) mass is 202 g/mol. The quantitative estimate of drug-likeness (QED) is 0.824. The Hall–Kier alpha value is -1.84. The minimum absolute atomic E-state index is 0.761. The third-order valence-electron chi connectivity index (χ3n) is 2.29. The molecule has 1 N–H and O–H groups in total. The van der Waals surface area contributed by atoms with Gasteiger partial charge in [-0.2, -0.15) is 5.10 Å². The average Bonchev–Trinajstić information content (AvgIpc) is 2.63. The summed E-state index contributed by atoms with van der Waals surface area (Å²) in [4.78, 5) is 4.23. The van der Waals surface area contributed by atoms with Crippen LogP contribution in [0, 0.1) is 6.92 Å². The van der Waals surface area contributed by atoms with Crippen molar-refractivity contribution in [3.63, 3.8) is 0 Å². The number of aromatic nitrogens is 3. The van der Waals surface area contributed by atoms with Crippen molar-refractivity contribution in [2.45, 2.75) is 13.5 Å². The standard InChI is InChI=1S/C11H14N4/c1-9-10(4-3-6-12-9)8-13-11-5-7-15(2)14-11/h3-7H,8H2,1-2H3,(H,13,14). The van der Waals surface area contributed by atoms with E-state index in [4.69, 9.17) is 0 Å². The van der Waals surface area contributed by atoms with Gasteiger partial charge in [-0.3, -0.25) is 9.67 Å². The van der Waals surface area contributed by atoms with Crippen LogP contribution in [0.15, 0.2) is 30.6 Å². The van der Waals surface area contributed by atoms with E-state index < -0.39 is 0 Å². The SMILES string of the molecule is Cc1ncccc1CNc1ccn(C)n1. The highest BCUT2D eigenvalue weighted by Gasteiger charge is 1.99. The van der Waals surface area contributed by atoms with Crippen molar-refractivity contribution in [2.24, 2.45) is 7.05 Å². The largest absolute Gasteiger partial charge is 0.364 e. The molecule has 0 radical (unpaired) electrons. The lowest BCUT2D eigenvalue weighted by molar-refractivity contribution is 0.768. The first-order valence-corrected chi connectivity index (χ1v) is 4.90. The molecule has 0 unspecified atom stereocenters. The van der Waals surface area contributed by atoms with Crippen molar-refractivity contribution in [3.05, 3.63) is 41.9 Å². The van der Waals surface area contributed by atoms with Gasteiger partial charge in [0.25, 0.3) is 0 Å². The molecule has 0 aliphatic carbocycles. The van der Waals surface area contributed by atoms with Gasteiger partial charge in [-0.25, -0.2) is 0 Å². The lowest BCUT2D eigenvalue weighted by Gasteiger charge is -2.05. The molecule has 2 heterocycles. The van der Waals surface area contributed by atoms with E-state index in [0.29, 0.717) is 0 Å². The van der Waals surface area contributed by atoms with Crippen LogP contribution in [-0.2, 0) is 13.6 Å². The number of anilines is 1. The predicted octanol–water partition coefficient (Wildman–Crippen LogP) is 1.74. The number of nitrogens with zero attached hydrogens (tertiary/aromatic N) is 3. The van der Waals surface area contributed by atoms with Crippen LogP contribution in [0.2, 0.25) is 0 Å². The zero-order chi connectivity index (χ0) is 10.7. The fourth-order valence-electron chi connectivity index (χ4n) is 1.40. The molecule has 2 rings (SSSR count). The minimum atomic E-state index is 0.761. The Labute approximate surface area is 89.0 Å². The number of aryl methyl sites for hydroxylation is 2. The van der Waals surface area contributed by atoms with Gasteiger partial charge in [-0.1, -0.05) is 6.07 Å². The summed E-state index contributed by atoms with van der Waals surface area (Å²) >= 11 is 0. The lowest BCUT2D eigenvalue weighted by atomic mass is 10.2. The first kappa shape index (κ1) is 9.71. The van der Waals surface area contributed by atoms with Crippen LogP contribution in [0.3, 0.4) is 0 Å². The van der Waals surface area contributed by atoms with E-state index in [1.807, 2.05) is 32.3 Å². The van der Waals surface area contributed by atoms with Gasteiger partial charge in [0, 0.05) is 37.7 Å². The van der Waals surface area contributed by atoms with Crippen LogP contribution < -0.4 is 5.32 Å². The molecule has 0 bridgehead atoms. The molecule has 0 saturated heterocycles. The van der Waals surface area contributed by atoms with E-state index >= 15 is 0 Å². The molecule has 4 nitrogen and oxygen atoms in total. The van der Waals surface area contributed by atoms with E-state index in [0.717, 1.165) is 18.1 Å². The van der Waals surface area contributed by atoms with Gasteiger partial charge >= 0.3 is 0 Å². The molecule has 2 aromatic rings. The smallest absolute Gasteiger partial charge is 0.148 e. The summed E-state index contributed by atoms with van der Waals surface area (Å²) in [5.74, 6) is 0.890. The molecule has 0 aliphatic heterocycles. The van der Waals surface area contributed by atoms with Gasteiger partial charge in [0.05, 0.1) is 0 Å². The molecule has 4 heteroatoms. The summed E-state index contributed by atoms with van der Waals surface area (Å²) in [7, 11) is 1.90. The number of hydrogen-bond donors (Lipinski definition) is 1. The average molecular weight is 202 g/mol. The number of nitrogens with one attached hydrogen (secondary N) is 1. The Morgan fingerprint density at radius 3 is 2.93 bits per heavy atom. The second-order valence-electron chi connectivity index (χ2n) is 3.48. The fraction of sp³-hybridized carbons (Fsp3) is 0.273. The molecule has 0 aromatic carbocycles. The third-order valence-corrected chi connectivity index (χ3v) is 2.29. The first-order valence-electron chi connectivity index (χ1n) is 4.90. The summed E-state index contributed by atoms with van der Waals surface area (Å²) in [5, 5.41) is 7.49. The Kier molecular flexibility index (Phi) is 2.67. The second-order valence-corrected chi connectivity index (χ2v) is 3.48. The second kappa shape index (κ2) is 4.13. The summed E-state index contributed by atoms with van der Waals surface area (Å²) in [6, 6.07) is 5.96. The van der Waals surface area contributed by atoms with Gasteiger partial charge in [0.1, 0.15) is 5.82 Å². The molecule has 2 aromatic heterocycles. The van der Waals surface area contributed by atoms with Crippen molar-refractivity contribution in [1.29, 1.82) is 0 Å². The fourth-order valence-corrected chi connectivity index (χ4v) is 1.40. The molecule has 0 aliphatic rings. The summed E-state index contributed by atoms with van der Waals surface area (Å²) < 4.78 is 1.78. The van der Waals surface area contributed by atoms with Crippen molar-refractivity contribution >= 4 is 5.82 Å². The van der Waals surface area contributed by atoms with Crippen LogP contribution in [0.5, 0.6) is 0 Å². The molecular weight excluding hydrogens is 188 g/mol. The van der Waals surface area contributed by atoms with Crippen molar-refractivity contribution in [1.82, 2.24) is 14.8 Å².